The first-order chi connectivity index (χ1) is 13.8. The van der Waals surface area contributed by atoms with Gasteiger partial charge < -0.3 is 14.6 Å². The van der Waals surface area contributed by atoms with Crippen molar-refractivity contribution >= 4 is 17.7 Å². The van der Waals surface area contributed by atoms with E-state index < -0.39 is 23.5 Å². The highest BCUT2D eigenvalue weighted by atomic mass is 19.1. The lowest BCUT2D eigenvalue weighted by atomic mass is 9.96. The van der Waals surface area contributed by atoms with Crippen molar-refractivity contribution in [1.82, 2.24) is 9.88 Å². The number of benzene rings is 1. The number of ether oxygens (including phenoxy) is 1. The molecule has 29 heavy (non-hydrogen) atoms. The van der Waals surface area contributed by atoms with Gasteiger partial charge in [0.15, 0.2) is 0 Å². The lowest BCUT2D eigenvalue weighted by Gasteiger charge is -2.30. The van der Waals surface area contributed by atoms with Crippen molar-refractivity contribution in [1.29, 1.82) is 0 Å². The van der Waals surface area contributed by atoms with Crippen molar-refractivity contribution in [2.45, 2.75) is 33.6 Å². The number of esters is 1. The molecule has 0 unspecified atom stereocenters. The molecule has 3 rings (SSSR count). The molecule has 6 nitrogen and oxygen atoms in total. The number of rotatable bonds is 5. The van der Waals surface area contributed by atoms with Crippen LogP contribution in [0, 0.1) is 18.7 Å². The maximum atomic E-state index is 14.6. The number of amides is 1. The predicted octanol–water partition coefficient (Wildman–Crippen LogP) is 3.75. The maximum absolute atomic E-state index is 14.6. The van der Waals surface area contributed by atoms with Gasteiger partial charge in [0, 0.05) is 29.9 Å². The van der Waals surface area contributed by atoms with Crippen LogP contribution < -0.4 is 0 Å². The zero-order valence-electron chi connectivity index (χ0n) is 16.9. The minimum atomic E-state index is -0.781. The number of carbonyl (C=O) groups excluding carboxylic acids is 3. The van der Waals surface area contributed by atoms with Gasteiger partial charge in [0.05, 0.1) is 12.2 Å². The number of carbonyl (C=O) groups is 3. The molecule has 1 N–H and O–H groups in total. The van der Waals surface area contributed by atoms with Crippen LogP contribution in [0.2, 0.25) is 0 Å². The Morgan fingerprint density at radius 3 is 2.66 bits per heavy atom. The van der Waals surface area contributed by atoms with Crippen molar-refractivity contribution in [2.75, 3.05) is 19.7 Å². The Morgan fingerprint density at radius 1 is 1.28 bits per heavy atom. The van der Waals surface area contributed by atoms with Gasteiger partial charge in [-0.3, -0.25) is 9.59 Å². The Balaban J connectivity index is 2.10. The topological polar surface area (TPSA) is 79.5 Å². The lowest BCUT2D eigenvalue weighted by Crippen LogP contribution is -2.43. The number of ketones is 1. The number of H-pyrrole nitrogens is 1. The van der Waals surface area contributed by atoms with Gasteiger partial charge in [-0.1, -0.05) is 25.1 Å². The van der Waals surface area contributed by atoms with Gasteiger partial charge in [-0.25, -0.2) is 9.18 Å². The molecule has 0 bridgehead atoms. The number of hydrogen-bond acceptors (Lipinski definition) is 4. The summed E-state index contributed by atoms with van der Waals surface area (Å²) in [5.41, 5.74) is 0.481. The molecule has 1 aliphatic heterocycles. The predicted molar refractivity (Wildman–Crippen MR) is 106 cm³/mol. The van der Waals surface area contributed by atoms with Gasteiger partial charge >= 0.3 is 5.97 Å². The molecular formula is C22H25FN2O4. The fourth-order valence-electron chi connectivity index (χ4n) is 3.81. The molecular weight excluding hydrogens is 375 g/mol. The van der Waals surface area contributed by atoms with Crippen molar-refractivity contribution in [3.05, 3.63) is 47.0 Å². The van der Waals surface area contributed by atoms with Crippen LogP contribution in [0.25, 0.3) is 11.1 Å². The Labute approximate surface area is 169 Å². The Kier molecular flexibility index (Phi) is 6.15. The number of nitrogens with one attached hydrogen (secondary N) is 1. The molecule has 7 heteroatoms. The molecule has 1 aromatic carbocycles. The minimum Gasteiger partial charge on any atom is -0.462 e. The molecule has 2 heterocycles. The number of likely N-dealkylation sites (tertiary alicyclic amines) is 1. The van der Waals surface area contributed by atoms with Crippen molar-refractivity contribution < 1.29 is 23.5 Å². The first-order valence-electron chi connectivity index (χ1n) is 9.83. The minimum absolute atomic E-state index is 0.0695. The second kappa shape index (κ2) is 8.59. The van der Waals surface area contributed by atoms with Crippen LogP contribution in [0.15, 0.2) is 24.3 Å². The normalized spacial score (nSPS) is 16.6. The number of aryl methyl sites for hydroxylation is 1. The highest BCUT2D eigenvalue weighted by Gasteiger charge is 2.33. The SMILES string of the molecule is CCOC(=O)c1c(C)[nH]c(C(=O)C(=O)N2CCC[C@@H](C)C2)c1-c1ccccc1F. The summed E-state index contributed by atoms with van der Waals surface area (Å²) in [5, 5.41) is 0. The van der Waals surface area contributed by atoms with Crippen LogP contribution in [-0.4, -0.2) is 47.2 Å². The molecule has 1 aromatic heterocycles. The van der Waals surface area contributed by atoms with Crippen LogP contribution in [0.3, 0.4) is 0 Å². The van der Waals surface area contributed by atoms with Crippen molar-refractivity contribution in [2.24, 2.45) is 5.92 Å². The highest BCUT2D eigenvalue weighted by Crippen LogP contribution is 2.33. The molecule has 1 aliphatic rings. The number of halogens is 1. The number of aromatic nitrogens is 1. The monoisotopic (exact) mass is 400 g/mol. The van der Waals surface area contributed by atoms with E-state index in [-0.39, 0.29) is 29.0 Å². The molecule has 154 valence electrons. The number of hydrogen-bond donors (Lipinski definition) is 1. The van der Waals surface area contributed by atoms with Gasteiger partial charge in [0.25, 0.3) is 11.7 Å². The van der Waals surface area contributed by atoms with E-state index in [9.17, 15) is 18.8 Å². The molecule has 0 saturated carbocycles. The quantitative estimate of drug-likeness (QED) is 0.471. The van der Waals surface area contributed by atoms with E-state index in [2.05, 4.69) is 4.98 Å². The number of Topliss-reactive ketones (excluding diaryl/α,β-unsaturated/α-hetero) is 1. The summed E-state index contributed by atoms with van der Waals surface area (Å²) in [5.74, 6) is -2.38. The van der Waals surface area contributed by atoms with Crippen LogP contribution in [0.5, 0.6) is 0 Å². The molecule has 2 aromatic rings. The third-order valence-corrected chi connectivity index (χ3v) is 5.18. The van der Waals surface area contributed by atoms with Gasteiger partial charge in [-0.05, 0) is 38.7 Å². The molecule has 1 saturated heterocycles. The summed E-state index contributed by atoms with van der Waals surface area (Å²) in [6, 6.07) is 5.85. The fourth-order valence-corrected chi connectivity index (χ4v) is 3.81. The zero-order chi connectivity index (χ0) is 21.1. The second-order valence-corrected chi connectivity index (χ2v) is 7.40. The number of aromatic amines is 1. The highest BCUT2D eigenvalue weighted by molar-refractivity contribution is 6.43. The summed E-state index contributed by atoms with van der Waals surface area (Å²) in [7, 11) is 0. The molecule has 1 fully saturated rings. The smallest absolute Gasteiger partial charge is 0.340 e. The summed E-state index contributed by atoms with van der Waals surface area (Å²) in [6.07, 6.45) is 1.84. The van der Waals surface area contributed by atoms with E-state index in [1.54, 1.807) is 19.9 Å². The van der Waals surface area contributed by atoms with E-state index in [0.717, 1.165) is 12.8 Å². The third kappa shape index (κ3) is 4.09. The van der Waals surface area contributed by atoms with Gasteiger partial charge in [0.2, 0.25) is 0 Å². The van der Waals surface area contributed by atoms with Gasteiger partial charge in [-0.2, -0.15) is 0 Å². The van der Waals surface area contributed by atoms with Crippen LogP contribution >= 0.6 is 0 Å². The average molecular weight is 400 g/mol. The third-order valence-electron chi connectivity index (χ3n) is 5.18. The van der Waals surface area contributed by atoms with Gasteiger partial charge in [0.1, 0.15) is 11.5 Å². The summed E-state index contributed by atoms with van der Waals surface area (Å²) >= 11 is 0. The number of piperidine rings is 1. The first kappa shape index (κ1) is 20.8. The molecule has 0 radical (unpaired) electrons. The summed E-state index contributed by atoms with van der Waals surface area (Å²) < 4.78 is 19.7. The van der Waals surface area contributed by atoms with Crippen LogP contribution in [0.1, 0.15) is 53.2 Å². The lowest BCUT2D eigenvalue weighted by molar-refractivity contribution is -0.128. The van der Waals surface area contributed by atoms with E-state index in [1.807, 2.05) is 6.92 Å². The fraction of sp³-hybridized carbons (Fsp3) is 0.409. The molecule has 1 atom stereocenters. The molecule has 1 amide bonds. The Morgan fingerprint density at radius 2 is 2.00 bits per heavy atom. The zero-order valence-corrected chi connectivity index (χ0v) is 16.9. The van der Waals surface area contributed by atoms with Crippen LogP contribution in [-0.2, 0) is 9.53 Å². The molecule has 0 aliphatic carbocycles. The summed E-state index contributed by atoms with van der Waals surface area (Å²) in [6.45, 7) is 6.44. The van der Waals surface area contributed by atoms with Crippen LogP contribution in [0.4, 0.5) is 4.39 Å². The second-order valence-electron chi connectivity index (χ2n) is 7.40. The van der Waals surface area contributed by atoms with Gasteiger partial charge in [-0.15, -0.1) is 0 Å². The standard InChI is InChI=1S/C22H25FN2O4/c1-4-29-22(28)17-14(3)24-19(18(17)15-9-5-6-10-16(15)23)20(26)21(27)25-11-7-8-13(2)12-25/h5-6,9-10,13,24H,4,7-8,11-12H2,1-3H3/t13-/m1/s1. The summed E-state index contributed by atoms with van der Waals surface area (Å²) in [4.78, 5) is 42.9. The maximum Gasteiger partial charge on any atom is 0.340 e. The van der Waals surface area contributed by atoms with E-state index in [0.29, 0.717) is 24.7 Å². The Hall–Kier alpha value is -2.96. The average Bonchev–Trinajstić information content (AvgIpc) is 3.04. The van der Waals surface area contributed by atoms with E-state index in [4.69, 9.17) is 4.74 Å². The van der Waals surface area contributed by atoms with E-state index in [1.165, 1.54) is 23.1 Å². The Bertz CT molecular complexity index is 950. The first-order valence-corrected chi connectivity index (χ1v) is 9.83. The molecule has 0 spiro atoms. The van der Waals surface area contributed by atoms with Crippen molar-refractivity contribution in [3.63, 3.8) is 0 Å². The van der Waals surface area contributed by atoms with E-state index >= 15 is 0 Å². The van der Waals surface area contributed by atoms with Crippen molar-refractivity contribution in [3.8, 4) is 11.1 Å². The largest absolute Gasteiger partial charge is 0.462 e. The number of nitrogens with zero attached hydrogens (tertiary/aromatic N) is 1.